The number of carbonyl (C=O) groups is 1. The quantitative estimate of drug-likeness (QED) is 0.397. The number of aromatic amines is 1. The van der Waals surface area contributed by atoms with E-state index in [2.05, 4.69) is 33.1 Å². The molecule has 2 aliphatic rings. The first kappa shape index (κ1) is 24.8. The predicted molar refractivity (Wildman–Crippen MR) is 135 cm³/mol. The van der Waals surface area contributed by atoms with E-state index in [0.717, 1.165) is 53.0 Å². The first-order chi connectivity index (χ1) is 16.3. The number of nitrogens with zero attached hydrogens (tertiary/aromatic N) is 2. The van der Waals surface area contributed by atoms with Crippen LogP contribution in [0.5, 0.6) is 5.75 Å². The molecule has 7 nitrogen and oxygen atoms in total. The molecule has 4 rings (SSSR count). The van der Waals surface area contributed by atoms with Gasteiger partial charge < -0.3 is 19.2 Å². The number of halogens is 1. The van der Waals surface area contributed by atoms with Crippen molar-refractivity contribution in [1.82, 2.24) is 14.9 Å². The molecular weight excluding hydrogens is 498 g/mol. The fourth-order valence-corrected chi connectivity index (χ4v) is 4.61. The number of amides is 1. The van der Waals surface area contributed by atoms with Crippen LogP contribution in [0.25, 0.3) is 11.3 Å². The highest BCUT2D eigenvalue weighted by atomic mass is 79.9. The van der Waals surface area contributed by atoms with Crippen LogP contribution in [-0.4, -0.2) is 52.4 Å². The molecule has 8 heteroatoms. The zero-order chi connectivity index (χ0) is 24.1. The molecule has 2 aromatic rings. The molecule has 1 saturated heterocycles. The summed E-state index contributed by atoms with van der Waals surface area (Å²) < 4.78 is 18.9. The number of nitrogens with one attached hydrogen (secondary N) is 1. The third-order valence-corrected chi connectivity index (χ3v) is 6.38. The average Bonchev–Trinajstić information content (AvgIpc) is 3.41. The van der Waals surface area contributed by atoms with Gasteiger partial charge >= 0.3 is 6.09 Å². The summed E-state index contributed by atoms with van der Waals surface area (Å²) >= 11 is 3.55. The first-order valence-corrected chi connectivity index (χ1v) is 12.8. The summed E-state index contributed by atoms with van der Waals surface area (Å²) in [5, 5.41) is 0. The van der Waals surface area contributed by atoms with E-state index >= 15 is 0 Å². The molecule has 0 spiro atoms. The summed E-state index contributed by atoms with van der Waals surface area (Å²) in [7, 11) is 0. The number of fused-ring (bicyclic) bond motifs is 7. The Hall–Kier alpha value is -2.32. The minimum absolute atomic E-state index is 0.0822. The number of carbonyl (C=O) groups excluding carboxylic acids is 1. The number of H-pyrrole nitrogens is 1. The van der Waals surface area contributed by atoms with E-state index in [9.17, 15) is 4.79 Å². The lowest BCUT2D eigenvalue weighted by Crippen LogP contribution is -2.37. The van der Waals surface area contributed by atoms with Gasteiger partial charge in [-0.3, -0.25) is 4.90 Å². The number of aromatic nitrogens is 2. The summed E-state index contributed by atoms with van der Waals surface area (Å²) in [4.78, 5) is 23.0. The minimum Gasteiger partial charge on any atom is -0.493 e. The molecule has 3 heterocycles. The Labute approximate surface area is 210 Å². The van der Waals surface area contributed by atoms with Crippen LogP contribution in [0, 0.1) is 0 Å². The normalized spacial score (nSPS) is 21.8. The standard InChI is InChI=1S/C26H34BrN3O4/c1-26(2,3)34-25(31)30-17-19-15-22(30)24-28-16-21(29-24)20-11-10-18(27)14-23(20)33-13-9-7-5-4-6-8-12-32-19/h6,8,10-11,14,16,19,22H,4-5,7,9,12-13,15,17H2,1-3H3,(H,28,29). The van der Waals surface area contributed by atoms with E-state index in [1.54, 1.807) is 4.90 Å². The summed E-state index contributed by atoms with van der Waals surface area (Å²) in [6.45, 7) is 7.29. The Morgan fingerprint density at radius 3 is 2.91 bits per heavy atom. The maximum atomic E-state index is 13.0. The van der Waals surface area contributed by atoms with Crippen LogP contribution in [0.1, 0.15) is 64.7 Å². The van der Waals surface area contributed by atoms with Crippen molar-refractivity contribution < 1.29 is 19.0 Å². The van der Waals surface area contributed by atoms with Gasteiger partial charge in [0.15, 0.2) is 0 Å². The van der Waals surface area contributed by atoms with Gasteiger partial charge in [-0.2, -0.15) is 0 Å². The van der Waals surface area contributed by atoms with Crippen molar-refractivity contribution in [3.05, 3.63) is 46.8 Å². The zero-order valence-electron chi connectivity index (χ0n) is 20.2. The van der Waals surface area contributed by atoms with Gasteiger partial charge in [-0.15, -0.1) is 0 Å². The molecule has 4 bridgehead atoms. The van der Waals surface area contributed by atoms with Gasteiger partial charge in [-0.05, 0) is 64.7 Å². The van der Waals surface area contributed by atoms with Crippen LogP contribution in [0.4, 0.5) is 4.79 Å². The van der Waals surface area contributed by atoms with E-state index in [-0.39, 0.29) is 18.2 Å². The van der Waals surface area contributed by atoms with Gasteiger partial charge in [0.25, 0.3) is 0 Å². The molecule has 1 aromatic heterocycles. The van der Waals surface area contributed by atoms with Crippen LogP contribution in [0.3, 0.4) is 0 Å². The monoisotopic (exact) mass is 531 g/mol. The maximum absolute atomic E-state index is 13.0. The number of hydrogen-bond acceptors (Lipinski definition) is 5. The molecule has 0 radical (unpaired) electrons. The van der Waals surface area contributed by atoms with E-state index < -0.39 is 5.60 Å². The lowest BCUT2D eigenvalue weighted by Gasteiger charge is -2.27. The van der Waals surface area contributed by atoms with Crippen LogP contribution >= 0.6 is 15.9 Å². The zero-order valence-corrected chi connectivity index (χ0v) is 21.8. The van der Waals surface area contributed by atoms with E-state index in [4.69, 9.17) is 19.2 Å². The molecule has 0 aliphatic carbocycles. The second-order valence-electron chi connectivity index (χ2n) is 9.82. The van der Waals surface area contributed by atoms with E-state index in [0.29, 0.717) is 26.2 Å². The molecule has 1 fully saturated rings. The maximum Gasteiger partial charge on any atom is 0.411 e. The summed E-state index contributed by atoms with van der Waals surface area (Å²) in [6, 6.07) is 5.73. The second kappa shape index (κ2) is 11.0. The van der Waals surface area contributed by atoms with E-state index in [1.807, 2.05) is 45.2 Å². The van der Waals surface area contributed by atoms with E-state index in [1.165, 1.54) is 0 Å². The van der Waals surface area contributed by atoms with Crippen molar-refractivity contribution >= 4 is 22.0 Å². The number of likely N-dealkylation sites (tertiary alicyclic amines) is 1. The van der Waals surface area contributed by atoms with Gasteiger partial charge in [0.2, 0.25) is 0 Å². The molecule has 2 atom stereocenters. The predicted octanol–water partition coefficient (Wildman–Crippen LogP) is 6.42. The molecule has 2 unspecified atom stereocenters. The first-order valence-electron chi connectivity index (χ1n) is 12.0. The Bertz CT molecular complexity index is 1010. The highest BCUT2D eigenvalue weighted by molar-refractivity contribution is 9.10. The Morgan fingerprint density at radius 1 is 1.24 bits per heavy atom. The number of imidazole rings is 1. The molecule has 2 aliphatic heterocycles. The SMILES string of the molecule is CC(C)(C)OC(=O)N1CC2CC1c1nc(c[nH]1)-c1ccc(Br)cc1OCCCCCC=CCO2. The van der Waals surface area contributed by atoms with Gasteiger partial charge in [-0.25, -0.2) is 9.78 Å². The van der Waals surface area contributed by atoms with Crippen LogP contribution in [0.2, 0.25) is 0 Å². The molecule has 1 amide bonds. The number of allylic oxidation sites excluding steroid dienone is 1. The average molecular weight is 532 g/mol. The van der Waals surface area contributed by atoms with Crippen LogP contribution in [-0.2, 0) is 9.47 Å². The van der Waals surface area contributed by atoms with Crippen molar-refractivity contribution in [3.8, 4) is 17.0 Å². The van der Waals surface area contributed by atoms with Crippen molar-refractivity contribution in [2.75, 3.05) is 19.8 Å². The second-order valence-corrected chi connectivity index (χ2v) is 10.7. The Balaban J connectivity index is 1.64. The molecule has 1 aromatic carbocycles. The Kier molecular flexibility index (Phi) is 7.99. The Morgan fingerprint density at radius 2 is 2.09 bits per heavy atom. The highest BCUT2D eigenvalue weighted by Crippen LogP contribution is 2.37. The fraction of sp³-hybridized carbons (Fsp3) is 0.538. The molecule has 34 heavy (non-hydrogen) atoms. The highest BCUT2D eigenvalue weighted by Gasteiger charge is 2.40. The third kappa shape index (κ3) is 6.42. The number of benzene rings is 1. The summed E-state index contributed by atoms with van der Waals surface area (Å²) in [5.74, 6) is 1.52. The molecule has 0 saturated carbocycles. The number of rotatable bonds is 0. The molecular formula is C26H34BrN3O4. The van der Waals surface area contributed by atoms with Gasteiger partial charge in [0.1, 0.15) is 17.2 Å². The van der Waals surface area contributed by atoms with Crippen molar-refractivity contribution in [2.45, 2.75) is 70.6 Å². The minimum atomic E-state index is -0.576. The lowest BCUT2D eigenvalue weighted by molar-refractivity contribution is 0.0178. The number of hydrogen-bond donors (Lipinski definition) is 1. The fourth-order valence-electron chi connectivity index (χ4n) is 4.27. The van der Waals surface area contributed by atoms with Gasteiger partial charge in [0, 0.05) is 22.7 Å². The lowest BCUT2D eigenvalue weighted by atomic mass is 10.1. The van der Waals surface area contributed by atoms with Crippen molar-refractivity contribution in [1.29, 1.82) is 0 Å². The van der Waals surface area contributed by atoms with Gasteiger partial charge in [0.05, 0.1) is 37.6 Å². The van der Waals surface area contributed by atoms with Crippen molar-refractivity contribution in [2.24, 2.45) is 0 Å². The molecule has 1 N–H and O–H groups in total. The summed E-state index contributed by atoms with van der Waals surface area (Å²) in [6.07, 6.45) is 10.6. The van der Waals surface area contributed by atoms with Crippen LogP contribution in [0.15, 0.2) is 41.0 Å². The molecule has 184 valence electrons. The number of ether oxygens (including phenoxy) is 3. The van der Waals surface area contributed by atoms with Gasteiger partial charge in [-0.1, -0.05) is 28.1 Å². The summed E-state index contributed by atoms with van der Waals surface area (Å²) in [5.41, 5.74) is 1.13. The topological polar surface area (TPSA) is 76.7 Å². The van der Waals surface area contributed by atoms with Crippen molar-refractivity contribution in [3.63, 3.8) is 0 Å². The largest absolute Gasteiger partial charge is 0.493 e. The smallest absolute Gasteiger partial charge is 0.411 e. The van der Waals surface area contributed by atoms with Crippen LogP contribution < -0.4 is 4.74 Å². The third-order valence-electron chi connectivity index (χ3n) is 5.89.